The summed E-state index contributed by atoms with van der Waals surface area (Å²) in [5, 5.41) is 0. The van der Waals surface area contributed by atoms with Crippen molar-refractivity contribution in [2.75, 3.05) is 0 Å². The summed E-state index contributed by atoms with van der Waals surface area (Å²) in [4.78, 5) is 22.9. The van der Waals surface area contributed by atoms with E-state index in [1.807, 2.05) is 24.3 Å². The molecule has 0 spiro atoms. The van der Waals surface area contributed by atoms with E-state index in [0.29, 0.717) is 11.5 Å². The second-order valence-electron chi connectivity index (χ2n) is 6.29. The van der Waals surface area contributed by atoms with Crippen molar-refractivity contribution in [3.05, 3.63) is 72.8 Å². The third-order valence-corrected chi connectivity index (χ3v) is 4.39. The summed E-state index contributed by atoms with van der Waals surface area (Å²) in [5.74, 6) is -0.0375. The average Bonchev–Trinajstić information content (AvgIpc) is 2.82. The molecule has 2 aromatic rings. The largest absolute Gasteiger partial charge is 0.423 e. The van der Waals surface area contributed by atoms with E-state index >= 15 is 0 Å². The topological polar surface area (TPSA) is 52.6 Å². The first kappa shape index (κ1) is 16.7. The lowest BCUT2D eigenvalue weighted by atomic mass is 9.82. The van der Waals surface area contributed by atoms with E-state index < -0.39 is 11.9 Å². The zero-order chi connectivity index (χ0) is 18.2. The summed E-state index contributed by atoms with van der Waals surface area (Å²) in [6.45, 7) is 11.0. The fourth-order valence-corrected chi connectivity index (χ4v) is 3.14. The zero-order valence-corrected chi connectivity index (χ0v) is 14.2. The van der Waals surface area contributed by atoms with Crippen molar-refractivity contribution >= 4 is 11.9 Å². The van der Waals surface area contributed by atoms with E-state index in [-0.39, 0.29) is 5.41 Å². The van der Waals surface area contributed by atoms with Crippen LogP contribution < -0.4 is 9.47 Å². The van der Waals surface area contributed by atoms with Crippen LogP contribution in [0, 0.1) is 0 Å². The molecule has 4 nitrogen and oxygen atoms in total. The Morgan fingerprint density at radius 1 is 0.840 bits per heavy atom. The third-order valence-electron chi connectivity index (χ3n) is 4.39. The van der Waals surface area contributed by atoms with E-state index in [4.69, 9.17) is 9.47 Å². The Hall–Kier alpha value is -3.14. The second kappa shape index (κ2) is 6.06. The number of rotatable bonds is 4. The fourth-order valence-electron chi connectivity index (χ4n) is 3.14. The van der Waals surface area contributed by atoms with Gasteiger partial charge in [-0.1, -0.05) is 39.1 Å². The molecule has 0 saturated heterocycles. The van der Waals surface area contributed by atoms with Gasteiger partial charge in [0.25, 0.3) is 0 Å². The molecule has 0 aromatic heterocycles. The molecule has 25 heavy (non-hydrogen) atoms. The normalized spacial score (nSPS) is 13.4. The molecule has 4 heteroatoms. The van der Waals surface area contributed by atoms with E-state index in [1.54, 1.807) is 12.1 Å². The maximum atomic E-state index is 11.4. The van der Waals surface area contributed by atoms with Crippen molar-refractivity contribution in [1.29, 1.82) is 0 Å². The summed E-state index contributed by atoms with van der Waals surface area (Å²) in [7, 11) is 0. The monoisotopic (exact) mass is 334 g/mol. The maximum absolute atomic E-state index is 11.4. The van der Waals surface area contributed by atoms with Crippen LogP contribution in [0.15, 0.2) is 61.7 Å². The number of esters is 2. The predicted octanol–water partition coefficient (Wildman–Crippen LogP) is 4.18. The molecule has 1 aliphatic carbocycles. The quantitative estimate of drug-likeness (QED) is 0.478. The van der Waals surface area contributed by atoms with Gasteiger partial charge >= 0.3 is 11.9 Å². The predicted molar refractivity (Wildman–Crippen MR) is 95.7 cm³/mol. The van der Waals surface area contributed by atoms with Gasteiger partial charge in [0, 0.05) is 17.6 Å². The molecular formula is C21H18O4. The summed E-state index contributed by atoms with van der Waals surface area (Å²) in [6.07, 6.45) is 2.26. The standard InChI is InChI=1S/C21H18O4/c1-5-19(22)24-13-7-9-15-16-10-8-14(25-20(23)6-2)12-18(16)21(3,4)17(15)11-13/h5-12H,1-2H2,3-4H3. The maximum Gasteiger partial charge on any atom is 0.335 e. The van der Waals surface area contributed by atoms with Crippen molar-refractivity contribution in [2.45, 2.75) is 19.3 Å². The molecular weight excluding hydrogens is 316 g/mol. The Labute approximate surface area is 146 Å². The molecule has 0 amide bonds. The van der Waals surface area contributed by atoms with Crippen LogP contribution in [-0.2, 0) is 15.0 Å². The summed E-state index contributed by atoms with van der Waals surface area (Å²) in [5.41, 5.74) is 3.91. The minimum Gasteiger partial charge on any atom is -0.423 e. The lowest BCUT2D eigenvalue weighted by molar-refractivity contribution is -0.129. The molecule has 0 fully saturated rings. The highest BCUT2D eigenvalue weighted by molar-refractivity contribution is 5.86. The first-order valence-corrected chi connectivity index (χ1v) is 7.84. The molecule has 0 bridgehead atoms. The van der Waals surface area contributed by atoms with Crippen molar-refractivity contribution in [2.24, 2.45) is 0 Å². The van der Waals surface area contributed by atoms with Crippen LogP contribution in [-0.4, -0.2) is 11.9 Å². The number of carbonyl (C=O) groups is 2. The average molecular weight is 334 g/mol. The Morgan fingerprint density at radius 3 is 1.60 bits per heavy atom. The van der Waals surface area contributed by atoms with Crippen LogP contribution >= 0.6 is 0 Å². The van der Waals surface area contributed by atoms with Crippen molar-refractivity contribution < 1.29 is 19.1 Å². The lowest BCUT2D eigenvalue weighted by Gasteiger charge is -2.22. The molecule has 0 atom stereocenters. The fraction of sp³-hybridized carbons (Fsp3) is 0.143. The van der Waals surface area contributed by atoms with Gasteiger partial charge in [0.15, 0.2) is 0 Å². The van der Waals surface area contributed by atoms with Crippen LogP contribution in [0.25, 0.3) is 11.1 Å². The number of ether oxygens (including phenoxy) is 2. The number of benzene rings is 2. The smallest absolute Gasteiger partial charge is 0.335 e. The molecule has 0 saturated carbocycles. The Balaban J connectivity index is 2.04. The van der Waals surface area contributed by atoms with Gasteiger partial charge in [-0.25, -0.2) is 9.59 Å². The molecule has 2 aromatic carbocycles. The molecule has 126 valence electrons. The van der Waals surface area contributed by atoms with Gasteiger partial charge in [-0.3, -0.25) is 0 Å². The van der Waals surface area contributed by atoms with E-state index in [1.165, 1.54) is 0 Å². The van der Waals surface area contributed by atoms with Crippen LogP contribution in [0.3, 0.4) is 0 Å². The first-order valence-electron chi connectivity index (χ1n) is 7.84. The van der Waals surface area contributed by atoms with Crippen LogP contribution in [0.4, 0.5) is 0 Å². The van der Waals surface area contributed by atoms with Gasteiger partial charge in [-0.2, -0.15) is 0 Å². The number of hydrogen-bond donors (Lipinski definition) is 0. The minimum absolute atomic E-state index is 0.322. The molecule has 0 heterocycles. The Morgan fingerprint density at radius 2 is 1.24 bits per heavy atom. The molecule has 0 unspecified atom stereocenters. The van der Waals surface area contributed by atoms with Gasteiger partial charge < -0.3 is 9.47 Å². The van der Waals surface area contributed by atoms with Gasteiger partial charge in [-0.05, 0) is 46.5 Å². The second-order valence-corrected chi connectivity index (χ2v) is 6.29. The summed E-state index contributed by atoms with van der Waals surface area (Å²) >= 11 is 0. The van der Waals surface area contributed by atoms with E-state index in [0.717, 1.165) is 34.4 Å². The van der Waals surface area contributed by atoms with Crippen molar-refractivity contribution in [3.8, 4) is 22.6 Å². The van der Waals surface area contributed by atoms with E-state index in [2.05, 4.69) is 27.0 Å². The van der Waals surface area contributed by atoms with Crippen LogP contribution in [0.1, 0.15) is 25.0 Å². The summed E-state index contributed by atoms with van der Waals surface area (Å²) < 4.78 is 10.5. The Kier molecular flexibility index (Phi) is 4.05. The molecule has 0 N–H and O–H groups in total. The van der Waals surface area contributed by atoms with E-state index in [9.17, 15) is 9.59 Å². The summed E-state index contributed by atoms with van der Waals surface area (Å²) in [6, 6.07) is 11.1. The highest BCUT2D eigenvalue weighted by Crippen LogP contribution is 2.50. The zero-order valence-electron chi connectivity index (χ0n) is 14.2. The third kappa shape index (κ3) is 2.87. The first-order chi connectivity index (χ1) is 11.9. The number of fused-ring (bicyclic) bond motifs is 3. The minimum atomic E-state index is -0.494. The molecule has 1 aliphatic rings. The van der Waals surface area contributed by atoms with Crippen LogP contribution in [0.5, 0.6) is 11.5 Å². The molecule has 0 radical (unpaired) electrons. The lowest BCUT2D eigenvalue weighted by Crippen LogP contribution is -2.16. The highest BCUT2D eigenvalue weighted by atomic mass is 16.5. The van der Waals surface area contributed by atoms with Gasteiger partial charge in [0.05, 0.1) is 0 Å². The molecule has 3 rings (SSSR count). The SMILES string of the molecule is C=CC(=O)Oc1ccc2c(c1)C(C)(C)c1cc(OC(=O)C=C)ccc1-2. The van der Waals surface area contributed by atoms with Gasteiger partial charge in [-0.15, -0.1) is 0 Å². The van der Waals surface area contributed by atoms with Crippen molar-refractivity contribution in [1.82, 2.24) is 0 Å². The van der Waals surface area contributed by atoms with Gasteiger partial charge in [0.1, 0.15) is 11.5 Å². The molecule has 0 aliphatic heterocycles. The Bertz CT molecular complexity index is 833. The van der Waals surface area contributed by atoms with Crippen molar-refractivity contribution in [3.63, 3.8) is 0 Å². The highest BCUT2D eigenvalue weighted by Gasteiger charge is 2.36. The number of carbonyl (C=O) groups excluding carboxylic acids is 2. The van der Waals surface area contributed by atoms with Crippen LogP contribution in [0.2, 0.25) is 0 Å². The van der Waals surface area contributed by atoms with Gasteiger partial charge in [0.2, 0.25) is 0 Å². The number of hydrogen-bond acceptors (Lipinski definition) is 4.